The zero-order chi connectivity index (χ0) is 13.8. The molecule has 0 saturated carbocycles. The second-order valence-electron chi connectivity index (χ2n) is 4.25. The molecule has 4 nitrogen and oxygen atoms in total. The molecule has 0 aliphatic heterocycles. The molecule has 0 bridgehead atoms. The van der Waals surface area contributed by atoms with Crippen LogP contribution in [0.15, 0.2) is 42.7 Å². The molecule has 0 aliphatic rings. The van der Waals surface area contributed by atoms with E-state index in [4.69, 9.17) is 17.3 Å². The van der Waals surface area contributed by atoms with Crippen molar-refractivity contribution in [3.05, 3.63) is 58.9 Å². The van der Waals surface area contributed by atoms with Crippen molar-refractivity contribution in [1.82, 2.24) is 9.88 Å². The van der Waals surface area contributed by atoms with Crippen LogP contribution >= 0.6 is 11.6 Å². The van der Waals surface area contributed by atoms with Gasteiger partial charge in [0.25, 0.3) is 5.91 Å². The van der Waals surface area contributed by atoms with Gasteiger partial charge in [0.15, 0.2) is 0 Å². The Morgan fingerprint density at radius 1 is 1.42 bits per heavy atom. The van der Waals surface area contributed by atoms with Gasteiger partial charge in [-0.3, -0.25) is 9.78 Å². The lowest BCUT2D eigenvalue weighted by Gasteiger charge is -2.18. The first-order chi connectivity index (χ1) is 9.08. The summed E-state index contributed by atoms with van der Waals surface area (Å²) in [5, 5.41) is 0.654. The minimum absolute atomic E-state index is 0.139. The standard InChI is InChI=1S/C14H14ClN3O/c1-18(9-10-3-2-4-11(15)7-10)14(19)12-5-6-17-8-13(12)16/h2-8H,9,16H2,1H3. The molecule has 0 saturated heterocycles. The fourth-order valence-electron chi connectivity index (χ4n) is 1.79. The highest BCUT2D eigenvalue weighted by Crippen LogP contribution is 2.15. The molecule has 0 unspecified atom stereocenters. The number of carbonyl (C=O) groups excluding carboxylic acids is 1. The summed E-state index contributed by atoms with van der Waals surface area (Å²) < 4.78 is 0. The number of rotatable bonds is 3. The number of aromatic nitrogens is 1. The highest BCUT2D eigenvalue weighted by atomic mass is 35.5. The van der Waals surface area contributed by atoms with Gasteiger partial charge in [-0.1, -0.05) is 23.7 Å². The molecule has 1 heterocycles. The average molecular weight is 276 g/mol. The van der Waals surface area contributed by atoms with Crippen molar-refractivity contribution in [2.75, 3.05) is 12.8 Å². The van der Waals surface area contributed by atoms with Gasteiger partial charge < -0.3 is 10.6 Å². The van der Waals surface area contributed by atoms with Gasteiger partial charge in [0.1, 0.15) is 0 Å². The Balaban J connectivity index is 2.14. The maximum absolute atomic E-state index is 12.2. The molecule has 0 atom stereocenters. The van der Waals surface area contributed by atoms with E-state index in [0.717, 1.165) is 5.56 Å². The molecule has 0 fully saturated rings. The lowest BCUT2D eigenvalue weighted by molar-refractivity contribution is 0.0786. The molecule has 1 aromatic heterocycles. The summed E-state index contributed by atoms with van der Waals surface area (Å²) in [4.78, 5) is 17.7. The van der Waals surface area contributed by atoms with E-state index in [2.05, 4.69) is 4.98 Å². The van der Waals surface area contributed by atoms with Gasteiger partial charge in [0.2, 0.25) is 0 Å². The van der Waals surface area contributed by atoms with Crippen molar-refractivity contribution < 1.29 is 4.79 Å². The number of carbonyl (C=O) groups is 1. The zero-order valence-electron chi connectivity index (χ0n) is 10.5. The highest BCUT2D eigenvalue weighted by Gasteiger charge is 2.14. The van der Waals surface area contributed by atoms with Crippen LogP contribution < -0.4 is 5.73 Å². The van der Waals surface area contributed by atoms with Crippen LogP contribution in [0.3, 0.4) is 0 Å². The molecule has 0 radical (unpaired) electrons. The quantitative estimate of drug-likeness (QED) is 0.937. The highest BCUT2D eigenvalue weighted by molar-refractivity contribution is 6.30. The molecule has 98 valence electrons. The van der Waals surface area contributed by atoms with E-state index in [-0.39, 0.29) is 5.91 Å². The molecule has 2 aromatic rings. The summed E-state index contributed by atoms with van der Waals surface area (Å²) in [5.41, 5.74) is 7.55. The third-order valence-corrected chi connectivity index (χ3v) is 2.97. The van der Waals surface area contributed by atoms with Gasteiger partial charge in [-0.05, 0) is 23.8 Å². The molecule has 0 spiro atoms. The van der Waals surface area contributed by atoms with Gasteiger partial charge >= 0.3 is 0 Å². The average Bonchev–Trinajstić information content (AvgIpc) is 2.38. The minimum Gasteiger partial charge on any atom is -0.397 e. The molecular weight excluding hydrogens is 262 g/mol. The first-order valence-corrected chi connectivity index (χ1v) is 6.15. The SMILES string of the molecule is CN(Cc1cccc(Cl)c1)C(=O)c1ccncc1N. The van der Waals surface area contributed by atoms with Crippen LogP contribution in [0.5, 0.6) is 0 Å². The molecular formula is C14H14ClN3O. The van der Waals surface area contributed by atoms with E-state index >= 15 is 0 Å². The second kappa shape index (κ2) is 5.71. The topological polar surface area (TPSA) is 59.2 Å². The Hall–Kier alpha value is -2.07. The number of benzene rings is 1. The van der Waals surface area contributed by atoms with Crippen LogP contribution in [0.4, 0.5) is 5.69 Å². The monoisotopic (exact) mass is 275 g/mol. The van der Waals surface area contributed by atoms with Gasteiger partial charge in [0, 0.05) is 24.8 Å². The van der Waals surface area contributed by atoms with Crippen molar-refractivity contribution in [1.29, 1.82) is 0 Å². The van der Waals surface area contributed by atoms with Crippen molar-refractivity contribution in [3.8, 4) is 0 Å². The molecule has 19 heavy (non-hydrogen) atoms. The predicted octanol–water partition coefficient (Wildman–Crippen LogP) is 2.59. The minimum atomic E-state index is -0.139. The Bertz CT molecular complexity index is 601. The van der Waals surface area contributed by atoms with E-state index in [0.29, 0.717) is 22.8 Å². The number of nitrogens with two attached hydrogens (primary N) is 1. The third-order valence-electron chi connectivity index (χ3n) is 2.74. The maximum atomic E-state index is 12.2. The van der Waals surface area contributed by atoms with E-state index < -0.39 is 0 Å². The van der Waals surface area contributed by atoms with Crippen molar-refractivity contribution in [2.45, 2.75) is 6.54 Å². The van der Waals surface area contributed by atoms with Crippen LogP contribution in [0.1, 0.15) is 15.9 Å². The lowest BCUT2D eigenvalue weighted by Crippen LogP contribution is -2.27. The molecule has 2 N–H and O–H groups in total. The fraction of sp³-hybridized carbons (Fsp3) is 0.143. The summed E-state index contributed by atoms with van der Waals surface area (Å²) in [6.45, 7) is 0.473. The first kappa shape index (κ1) is 13.4. The van der Waals surface area contributed by atoms with Gasteiger partial charge in [0.05, 0.1) is 17.4 Å². The fourth-order valence-corrected chi connectivity index (χ4v) is 2.00. The Kier molecular flexibility index (Phi) is 4.02. The van der Waals surface area contributed by atoms with Gasteiger partial charge in [-0.2, -0.15) is 0 Å². The van der Waals surface area contributed by atoms with E-state index in [1.807, 2.05) is 18.2 Å². The third kappa shape index (κ3) is 3.23. The number of hydrogen-bond acceptors (Lipinski definition) is 3. The number of pyridine rings is 1. The first-order valence-electron chi connectivity index (χ1n) is 5.77. The summed E-state index contributed by atoms with van der Waals surface area (Å²) >= 11 is 5.92. The summed E-state index contributed by atoms with van der Waals surface area (Å²) in [7, 11) is 1.73. The molecule has 1 aromatic carbocycles. The Morgan fingerprint density at radius 3 is 2.89 bits per heavy atom. The van der Waals surface area contributed by atoms with Crippen LogP contribution in [0, 0.1) is 0 Å². The largest absolute Gasteiger partial charge is 0.397 e. The summed E-state index contributed by atoms with van der Waals surface area (Å²) in [6.07, 6.45) is 3.03. The van der Waals surface area contributed by atoms with Crippen LogP contribution in [0.2, 0.25) is 5.02 Å². The normalized spacial score (nSPS) is 10.2. The number of hydrogen-bond donors (Lipinski definition) is 1. The van der Waals surface area contributed by atoms with E-state index in [1.54, 1.807) is 30.3 Å². The van der Waals surface area contributed by atoms with Crippen molar-refractivity contribution in [2.24, 2.45) is 0 Å². The second-order valence-corrected chi connectivity index (χ2v) is 4.69. The predicted molar refractivity (Wildman–Crippen MR) is 75.9 cm³/mol. The number of nitrogens with zero attached hydrogens (tertiary/aromatic N) is 2. The number of amides is 1. The maximum Gasteiger partial charge on any atom is 0.256 e. The molecule has 1 amide bonds. The Morgan fingerprint density at radius 2 is 2.21 bits per heavy atom. The van der Waals surface area contributed by atoms with E-state index in [9.17, 15) is 4.79 Å². The number of halogens is 1. The smallest absolute Gasteiger partial charge is 0.256 e. The van der Waals surface area contributed by atoms with E-state index in [1.165, 1.54) is 6.20 Å². The van der Waals surface area contributed by atoms with Crippen molar-refractivity contribution in [3.63, 3.8) is 0 Å². The summed E-state index contributed by atoms with van der Waals surface area (Å²) in [6, 6.07) is 9.03. The Labute approximate surface area is 116 Å². The zero-order valence-corrected chi connectivity index (χ0v) is 11.3. The lowest BCUT2D eigenvalue weighted by atomic mass is 10.1. The van der Waals surface area contributed by atoms with Crippen molar-refractivity contribution >= 4 is 23.2 Å². The van der Waals surface area contributed by atoms with Crippen LogP contribution in [-0.2, 0) is 6.54 Å². The van der Waals surface area contributed by atoms with Gasteiger partial charge in [-0.25, -0.2) is 0 Å². The molecule has 2 rings (SSSR count). The van der Waals surface area contributed by atoms with Crippen LogP contribution in [0.25, 0.3) is 0 Å². The summed E-state index contributed by atoms with van der Waals surface area (Å²) in [5.74, 6) is -0.139. The molecule has 5 heteroatoms. The molecule has 0 aliphatic carbocycles. The number of nitrogen functional groups attached to an aromatic ring is 1. The van der Waals surface area contributed by atoms with Crippen LogP contribution in [-0.4, -0.2) is 22.8 Å². The number of anilines is 1. The van der Waals surface area contributed by atoms with Gasteiger partial charge in [-0.15, -0.1) is 0 Å².